The van der Waals surface area contributed by atoms with Crippen molar-refractivity contribution in [2.24, 2.45) is 5.73 Å². The molecule has 1 unspecified atom stereocenters. The van der Waals surface area contributed by atoms with Gasteiger partial charge in [-0.2, -0.15) is 0 Å². The monoisotopic (exact) mass is 411 g/mol. The van der Waals surface area contributed by atoms with Crippen LogP contribution in [0.5, 0.6) is 11.5 Å². The van der Waals surface area contributed by atoms with Crippen LogP contribution >= 0.6 is 23.2 Å². The van der Waals surface area contributed by atoms with E-state index in [1.165, 1.54) is 0 Å². The third-order valence-corrected chi connectivity index (χ3v) is 4.67. The third-order valence-electron chi connectivity index (χ3n) is 4.20. The summed E-state index contributed by atoms with van der Waals surface area (Å²) in [5.41, 5.74) is 7.25. The fraction of sp³-hybridized carbons (Fsp3) is 0.350. The minimum atomic E-state index is -0.729. The van der Waals surface area contributed by atoms with E-state index in [4.69, 9.17) is 43.1 Å². The van der Waals surface area contributed by atoms with Gasteiger partial charge in [0.15, 0.2) is 0 Å². The number of rotatable bonds is 7. The van der Waals surface area contributed by atoms with Gasteiger partial charge in [0.25, 0.3) is 0 Å². The predicted octanol–water partition coefficient (Wildman–Crippen LogP) is 4.42. The molecule has 0 aliphatic carbocycles. The smallest absolute Gasteiger partial charge is 0.322 e. The SMILES string of the molecule is COc1cc(Cl)ccc1C(c1ccc(Cl)cc1OC)C(C)OC(=O)[C@H](C)N. The van der Waals surface area contributed by atoms with Gasteiger partial charge in [-0.1, -0.05) is 35.3 Å². The number of nitrogens with two attached hydrogens (primary N) is 1. The van der Waals surface area contributed by atoms with Crippen molar-refractivity contribution < 1.29 is 19.0 Å². The van der Waals surface area contributed by atoms with E-state index in [-0.39, 0.29) is 5.92 Å². The van der Waals surface area contributed by atoms with Crippen LogP contribution in [0.15, 0.2) is 36.4 Å². The first kappa shape index (κ1) is 21.4. The zero-order chi connectivity index (χ0) is 20.1. The van der Waals surface area contributed by atoms with Crippen LogP contribution in [0.25, 0.3) is 0 Å². The highest BCUT2D eigenvalue weighted by molar-refractivity contribution is 6.31. The first-order valence-electron chi connectivity index (χ1n) is 8.41. The van der Waals surface area contributed by atoms with Crippen molar-refractivity contribution in [3.63, 3.8) is 0 Å². The largest absolute Gasteiger partial charge is 0.496 e. The summed E-state index contributed by atoms with van der Waals surface area (Å²) in [6.45, 7) is 3.38. The molecule has 0 amide bonds. The molecule has 5 nitrogen and oxygen atoms in total. The maximum Gasteiger partial charge on any atom is 0.322 e. The zero-order valence-corrected chi connectivity index (χ0v) is 17.2. The maximum absolute atomic E-state index is 12.1. The number of ether oxygens (including phenoxy) is 3. The second kappa shape index (κ2) is 9.31. The van der Waals surface area contributed by atoms with E-state index < -0.39 is 18.1 Å². The molecule has 0 aromatic heterocycles. The second-order valence-corrected chi connectivity index (χ2v) is 7.05. The summed E-state index contributed by atoms with van der Waals surface area (Å²) in [6.07, 6.45) is -0.548. The lowest BCUT2D eigenvalue weighted by molar-refractivity contribution is -0.150. The number of esters is 1. The Morgan fingerprint density at radius 1 is 0.926 bits per heavy atom. The molecule has 2 aromatic carbocycles. The van der Waals surface area contributed by atoms with E-state index in [1.807, 2.05) is 12.1 Å². The van der Waals surface area contributed by atoms with E-state index in [1.54, 1.807) is 52.3 Å². The highest BCUT2D eigenvalue weighted by Crippen LogP contribution is 2.41. The Morgan fingerprint density at radius 3 is 1.74 bits per heavy atom. The number of halogens is 2. The molecular weight excluding hydrogens is 389 g/mol. The summed E-state index contributed by atoms with van der Waals surface area (Å²) >= 11 is 12.2. The van der Waals surface area contributed by atoms with Crippen molar-refractivity contribution in [3.05, 3.63) is 57.6 Å². The van der Waals surface area contributed by atoms with Crippen molar-refractivity contribution >= 4 is 29.2 Å². The summed E-state index contributed by atoms with van der Waals surface area (Å²) in [7, 11) is 3.12. The van der Waals surface area contributed by atoms with Crippen molar-refractivity contribution in [1.82, 2.24) is 0 Å². The van der Waals surface area contributed by atoms with Gasteiger partial charge < -0.3 is 19.9 Å². The summed E-state index contributed by atoms with van der Waals surface area (Å²) in [6, 6.07) is 9.90. The summed E-state index contributed by atoms with van der Waals surface area (Å²) in [5.74, 6) is 0.280. The Morgan fingerprint density at radius 2 is 1.37 bits per heavy atom. The van der Waals surface area contributed by atoms with Gasteiger partial charge in [0, 0.05) is 21.2 Å². The molecule has 2 atom stereocenters. The average molecular weight is 412 g/mol. The fourth-order valence-electron chi connectivity index (χ4n) is 2.92. The van der Waals surface area contributed by atoms with Crippen molar-refractivity contribution in [1.29, 1.82) is 0 Å². The number of carbonyl (C=O) groups excluding carboxylic acids is 1. The summed E-state index contributed by atoms with van der Waals surface area (Å²) < 4.78 is 16.6. The quantitative estimate of drug-likeness (QED) is 0.682. The Balaban J connectivity index is 2.61. The molecule has 2 rings (SSSR count). The highest BCUT2D eigenvalue weighted by atomic mass is 35.5. The highest BCUT2D eigenvalue weighted by Gasteiger charge is 2.30. The third kappa shape index (κ3) is 5.06. The molecule has 2 aromatic rings. The lowest BCUT2D eigenvalue weighted by atomic mass is 9.86. The molecule has 0 saturated heterocycles. The number of benzene rings is 2. The van der Waals surface area contributed by atoms with Gasteiger partial charge in [-0.05, 0) is 38.1 Å². The molecule has 7 heteroatoms. The molecular formula is C20H23Cl2NO4. The number of carbonyl (C=O) groups is 1. The molecule has 0 saturated carbocycles. The standard InChI is InChI=1S/C20H23Cl2NO4/c1-11(23)20(24)27-12(2)19(15-7-5-13(21)9-17(15)25-3)16-8-6-14(22)10-18(16)26-4/h5-12,19H,23H2,1-4H3/t11-,12?/m0/s1. The molecule has 146 valence electrons. The first-order valence-corrected chi connectivity index (χ1v) is 9.17. The molecule has 27 heavy (non-hydrogen) atoms. The van der Waals surface area contributed by atoms with Gasteiger partial charge in [0.2, 0.25) is 0 Å². The Kier molecular flexibility index (Phi) is 7.36. The Bertz CT molecular complexity index is 757. The van der Waals surface area contributed by atoms with Crippen molar-refractivity contribution in [2.45, 2.75) is 31.9 Å². The second-order valence-electron chi connectivity index (χ2n) is 6.18. The van der Waals surface area contributed by atoms with Crippen LogP contribution in [0.2, 0.25) is 10.0 Å². The van der Waals surface area contributed by atoms with E-state index in [0.717, 1.165) is 11.1 Å². The Hall–Kier alpha value is -1.95. The topological polar surface area (TPSA) is 70.8 Å². The predicted molar refractivity (Wildman–Crippen MR) is 107 cm³/mol. The number of methoxy groups -OCH3 is 2. The van der Waals surface area contributed by atoms with Crippen LogP contribution < -0.4 is 15.2 Å². The molecule has 0 fully saturated rings. The molecule has 0 bridgehead atoms. The van der Waals surface area contributed by atoms with Gasteiger partial charge in [-0.25, -0.2) is 0 Å². The number of hydrogen-bond donors (Lipinski definition) is 1. The van der Waals surface area contributed by atoms with E-state index in [2.05, 4.69) is 0 Å². The van der Waals surface area contributed by atoms with Gasteiger partial charge in [0.1, 0.15) is 23.6 Å². The maximum atomic E-state index is 12.1. The van der Waals surface area contributed by atoms with Gasteiger partial charge in [0.05, 0.1) is 20.1 Å². The van der Waals surface area contributed by atoms with Crippen molar-refractivity contribution in [2.75, 3.05) is 14.2 Å². The molecule has 0 aliphatic heterocycles. The Labute approximate surface area is 169 Å². The molecule has 0 heterocycles. The zero-order valence-electron chi connectivity index (χ0n) is 15.7. The van der Waals surface area contributed by atoms with Gasteiger partial charge in [-0.3, -0.25) is 4.79 Å². The van der Waals surface area contributed by atoms with Crippen LogP contribution in [0.3, 0.4) is 0 Å². The summed E-state index contributed by atoms with van der Waals surface area (Å²) in [4.78, 5) is 12.1. The van der Waals surface area contributed by atoms with Crippen LogP contribution in [0.4, 0.5) is 0 Å². The fourth-order valence-corrected chi connectivity index (χ4v) is 3.24. The minimum Gasteiger partial charge on any atom is -0.496 e. The van der Waals surface area contributed by atoms with Crippen molar-refractivity contribution in [3.8, 4) is 11.5 Å². The van der Waals surface area contributed by atoms with E-state index in [9.17, 15) is 4.79 Å². The molecule has 0 spiro atoms. The van der Waals surface area contributed by atoms with Crippen LogP contribution in [0, 0.1) is 0 Å². The van der Waals surface area contributed by atoms with Gasteiger partial charge >= 0.3 is 5.97 Å². The number of hydrogen-bond acceptors (Lipinski definition) is 5. The van der Waals surface area contributed by atoms with Gasteiger partial charge in [-0.15, -0.1) is 0 Å². The van der Waals surface area contributed by atoms with E-state index >= 15 is 0 Å². The van der Waals surface area contributed by atoms with Crippen LogP contribution in [0.1, 0.15) is 30.9 Å². The van der Waals surface area contributed by atoms with Crippen LogP contribution in [-0.2, 0) is 9.53 Å². The first-order chi connectivity index (χ1) is 12.8. The van der Waals surface area contributed by atoms with Crippen LogP contribution in [-0.4, -0.2) is 32.3 Å². The lowest BCUT2D eigenvalue weighted by Gasteiger charge is -2.28. The molecule has 2 N–H and O–H groups in total. The lowest BCUT2D eigenvalue weighted by Crippen LogP contribution is -2.34. The minimum absolute atomic E-state index is 0.382. The molecule has 0 aliphatic rings. The normalized spacial score (nSPS) is 13.2. The average Bonchev–Trinajstić information content (AvgIpc) is 2.63. The molecule has 0 radical (unpaired) electrons. The van der Waals surface area contributed by atoms with E-state index in [0.29, 0.717) is 21.5 Å². The summed E-state index contributed by atoms with van der Waals surface area (Å²) in [5, 5.41) is 1.08.